The third-order valence-corrected chi connectivity index (χ3v) is 5.51. The maximum atomic E-state index is 12.1. The topological polar surface area (TPSA) is 71.3 Å². The maximum Gasteiger partial charge on any atom is 0.227 e. The molecule has 2 aromatic heterocycles. The Morgan fingerprint density at radius 1 is 1.52 bits per heavy atom. The van der Waals surface area contributed by atoms with Gasteiger partial charge in [-0.15, -0.1) is 11.3 Å². The van der Waals surface area contributed by atoms with Crippen LogP contribution in [0.2, 0.25) is 0 Å². The number of aromatic nitrogens is 2. The van der Waals surface area contributed by atoms with E-state index in [-0.39, 0.29) is 5.91 Å². The van der Waals surface area contributed by atoms with Crippen LogP contribution < -0.4 is 5.32 Å². The molecule has 1 saturated heterocycles. The molecule has 0 aliphatic carbocycles. The van der Waals surface area contributed by atoms with Crippen molar-refractivity contribution in [3.8, 4) is 10.7 Å². The first-order chi connectivity index (χ1) is 12.1. The van der Waals surface area contributed by atoms with Gasteiger partial charge in [0.1, 0.15) is 0 Å². The zero-order valence-electron chi connectivity index (χ0n) is 14.9. The van der Waals surface area contributed by atoms with Gasteiger partial charge in [-0.1, -0.05) is 11.2 Å². The summed E-state index contributed by atoms with van der Waals surface area (Å²) in [7, 11) is 0. The van der Waals surface area contributed by atoms with Crippen molar-refractivity contribution in [2.24, 2.45) is 5.92 Å². The molecule has 2 aromatic rings. The summed E-state index contributed by atoms with van der Waals surface area (Å²) in [6.45, 7) is 7.47. The second kappa shape index (κ2) is 8.58. The number of nitrogens with one attached hydrogen (secondary N) is 1. The van der Waals surface area contributed by atoms with Crippen molar-refractivity contribution in [2.75, 3.05) is 19.6 Å². The molecule has 25 heavy (non-hydrogen) atoms. The van der Waals surface area contributed by atoms with Crippen molar-refractivity contribution >= 4 is 17.2 Å². The van der Waals surface area contributed by atoms with Crippen molar-refractivity contribution in [2.45, 2.75) is 45.6 Å². The van der Waals surface area contributed by atoms with Gasteiger partial charge < -0.3 is 14.7 Å². The number of hydrogen-bond donors (Lipinski definition) is 1. The molecule has 136 valence electrons. The highest BCUT2D eigenvalue weighted by molar-refractivity contribution is 7.13. The Hall–Kier alpha value is -1.73. The highest BCUT2D eigenvalue weighted by Crippen LogP contribution is 2.21. The molecule has 0 spiro atoms. The average Bonchev–Trinajstić information content (AvgIpc) is 3.29. The standard InChI is InChI=1S/C18H26N4O2S/c1-13(2)22-9-3-5-14(12-22)11-19-16(23)7-8-17-20-18(21-24-17)15-6-4-10-25-15/h4,6,10,13-14H,3,5,7-9,11-12H2,1-2H3,(H,19,23). The first kappa shape index (κ1) is 18.1. The summed E-state index contributed by atoms with van der Waals surface area (Å²) >= 11 is 1.57. The Balaban J connectivity index is 1.40. The molecular formula is C18H26N4O2S. The van der Waals surface area contributed by atoms with Crippen molar-refractivity contribution in [1.82, 2.24) is 20.4 Å². The minimum Gasteiger partial charge on any atom is -0.356 e. The fourth-order valence-corrected chi connectivity index (χ4v) is 3.81. The molecule has 1 unspecified atom stereocenters. The third kappa shape index (κ3) is 5.12. The second-order valence-electron chi connectivity index (χ2n) is 6.89. The van der Waals surface area contributed by atoms with Crippen LogP contribution in [0, 0.1) is 5.92 Å². The molecule has 1 N–H and O–H groups in total. The summed E-state index contributed by atoms with van der Waals surface area (Å²) < 4.78 is 5.23. The lowest BCUT2D eigenvalue weighted by Gasteiger charge is -2.35. The minimum absolute atomic E-state index is 0.0533. The average molecular weight is 362 g/mol. The van der Waals surface area contributed by atoms with Gasteiger partial charge in [0.15, 0.2) is 0 Å². The summed E-state index contributed by atoms with van der Waals surface area (Å²) in [5, 5.41) is 9.01. The molecule has 0 radical (unpaired) electrons. The van der Waals surface area contributed by atoms with E-state index in [9.17, 15) is 4.79 Å². The van der Waals surface area contributed by atoms with Crippen LogP contribution in [0.5, 0.6) is 0 Å². The summed E-state index contributed by atoms with van der Waals surface area (Å²) in [5.41, 5.74) is 0. The summed E-state index contributed by atoms with van der Waals surface area (Å²) in [4.78, 5) is 19.9. The van der Waals surface area contributed by atoms with Crippen LogP contribution in [0.25, 0.3) is 10.7 Å². The molecule has 1 atom stereocenters. The molecule has 1 aliphatic rings. The van der Waals surface area contributed by atoms with Crippen LogP contribution in [-0.2, 0) is 11.2 Å². The summed E-state index contributed by atoms with van der Waals surface area (Å²) in [6, 6.07) is 4.49. The summed E-state index contributed by atoms with van der Waals surface area (Å²) in [5.74, 6) is 1.72. The molecule has 0 bridgehead atoms. The zero-order valence-corrected chi connectivity index (χ0v) is 15.7. The van der Waals surface area contributed by atoms with Crippen molar-refractivity contribution in [3.63, 3.8) is 0 Å². The molecule has 0 aromatic carbocycles. The molecule has 1 amide bonds. The number of amides is 1. The van der Waals surface area contributed by atoms with Crippen LogP contribution in [-0.4, -0.2) is 46.6 Å². The van der Waals surface area contributed by atoms with Crippen LogP contribution in [0.1, 0.15) is 39.0 Å². The molecule has 0 saturated carbocycles. The Morgan fingerprint density at radius 3 is 3.16 bits per heavy atom. The lowest BCUT2D eigenvalue weighted by Crippen LogP contribution is -2.43. The minimum atomic E-state index is 0.0533. The quantitative estimate of drug-likeness (QED) is 0.820. The predicted octanol–water partition coefficient (Wildman–Crippen LogP) is 2.97. The van der Waals surface area contributed by atoms with E-state index >= 15 is 0 Å². The normalized spacial score (nSPS) is 18.6. The number of rotatable bonds is 7. The number of thiophene rings is 1. The van der Waals surface area contributed by atoms with Crippen molar-refractivity contribution < 1.29 is 9.32 Å². The van der Waals surface area contributed by atoms with Crippen LogP contribution >= 0.6 is 11.3 Å². The van der Waals surface area contributed by atoms with Gasteiger partial charge in [-0.3, -0.25) is 4.79 Å². The van der Waals surface area contributed by atoms with Gasteiger partial charge in [0.25, 0.3) is 0 Å². The highest BCUT2D eigenvalue weighted by Gasteiger charge is 2.22. The van der Waals surface area contributed by atoms with E-state index in [1.807, 2.05) is 17.5 Å². The number of aryl methyl sites for hydroxylation is 1. The van der Waals surface area contributed by atoms with Crippen molar-refractivity contribution in [1.29, 1.82) is 0 Å². The van der Waals surface area contributed by atoms with Gasteiger partial charge >= 0.3 is 0 Å². The fourth-order valence-electron chi connectivity index (χ4n) is 3.16. The van der Waals surface area contributed by atoms with Crippen LogP contribution in [0.15, 0.2) is 22.0 Å². The van der Waals surface area contributed by atoms with Gasteiger partial charge in [0, 0.05) is 32.0 Å². The summed E-state index contributed by atoms with van der Waals surface area (Å²) in [6.07, 6.45) is 3.27. The number of piperidine rings is 1. The largest absolute Gasteiger partial charge is 0.356 e. The number of carbonyl (C=O) groups is 1. The monoisotopic (exact) mass is 362 g/mol. The maximum absolute atomic E-state index is 12.1. The molecular weight excluding hydrogens is 336 g/mol. The first-order valence-electron chi connectivity index (χ1n) is 8.99. The van der Waals surface area contributed by atoms with Gasteiger partial charge in [-0.05, 0) is 50.6 Å². The lowest BCUT2D eigenvalue weighted by atomic mass is 9.97. The number of nitrogens with zero attached hydrogens (tertiary/aromatic N) is 3. The first-order valence-corrected chi connectivity index (χ1v) is 9.87. The molecule has 6 nitrogen and oxygen atoms in total. The van der Waals surface area contributed by atoms with E-state index in [0.717, 1.165) is 18.0 Å². The van der Waals surface area contributed by atoms with E-state index in [2.05, 4.69) is 34.2 Å². The van der Waals surface area contributed by atoms with E-state index in [4.69, 9.17) is 4.52 Å². The molecule has 1 aliphatic heterocycles. The lowest BCUT2D eigenvalue weighted by molar-refractivity contribution is -0.121. The number of hydrogen-bond acceptors (Lipinski definition) is 6. The van der Waals surface area contributed by atoms with Gasteiger partial charge in [0.2, 0.25) is 17.6 Å². The Labute approximate surface area is 152 Å². The van der Waals surface area contributed by atoms with Crippen LogP contribution in [0.3, 0.4) is 0 Å². The van der Waals surface area contributed by atoms with Gasteiger partial charge in [-0.2, -0.15) is 4.98 Å². The van der Waals surface area contributed by atoms with Gasteiger partial charge in [0.05, 0.1) is 4.88 Å². The Bertz CT molecular complexity index is 668. The number of likely N-dealkylation sites (tertiary alicyclic amines) is 1. The molecule has 3 rings (SSSR count). The van der Waals surface area contributed by atoms with E-state index < -0.39 is 0 Å². The number of carbonyl (C=O) groups excluding carboxylic acids is 1. The van der Waals surface area contributed by atoms with E-state index in [1.54, 1.807) is 11.3 Å². The predicted molar refractivity (Wildman–Crippen MR) is 98.4 cm³/mol. The SMILES string of the molecule is CC(C)N1CCCC(CNC(=O)CCc2nc(-c3cccs3)no2)C1. The van der Waals surface area contributed by atoms with Crippen molar-refractivity contribution in [3.05, 3.63) is 23.4 Å². The Morgan fingerprint density at radius 2 is 2.40 bits per heavy atom. The second-order valence-corrected chi connectivity index (χ2v) is 7.84. The van der Waals surface area contributed by atoms with Gasteiger partial charge in [-0.25, -0.2) is 0 Å². The van der Waals surface area contributed by atoms with Crippen LogP contribution in [0.4, 0.5) is 0 Å². The molecule has 3 heterocycles. The molecule has 1 fully saturated rings. The Kier molecular flexibility index (Phi) is 6.20. The highest BCUT2D eigenvalue weighted by atomic mass is 32.1. The fraction of sp³-hybridized carbons (Fsp3) is 0.611. The zero-order chi connectivity index (χ0) is 17.6. The third-order valence-electron chi connectivity index (χ3n) is 4.64. The van der Waals surface area contributed by atoms with E-state index in [1.165, 1.54) is 19.4 Å². The smallest absolute Gasteiger partial charge is 0.227 e. The molecule has 7 heteroatoms. The van der Waals surface area contributed by atoms with E-state index in [0.29, 0.717) is 36.5 Å².